The largest absolute Gasteiger partial charge is 0.293 e. The molecule has 0 saturated carbocycles. The minimum atomic E-state index is -3.35. The van der Waals surface area contributed by atoms with Crippen molar-refractivity contribution in [2.24, 2.45) is 0 Å². The van der Waals surface area contributed by atoms with Crippen LogP contribution in [0.25, 0.3) is 5.69 Å². The van der Waals surface area contributed by atoms with E-state index >= 15 is 0 Å². The van der Waals surface area contributed by atoms with E-state index in [1.807, 2.05) is 30.3 Å². The second-order valence-corrected chi connectivity index (χ2v) is 8.94. The number of ketones is 1. The van der Waals surface area contributed by atoms with Crippen molar-refractivity contribution in [3.05, 3.63) is 66.5 Å². The summed E-state index contributed by atoms with van der Waals surface area (Å²) in [4.78, 5) is 16.8. The maximum absolute atomic E-state index is 12.6. The van der Waals surface area contributed by atoms with Crippen LogP contribution in [0.4, 0.5) is 5.69 Å². The van der Waals surface area contributed by atoms with E-state index in [2.05, 4.69) is 14.8 Å². The molecule has 0 amide bonds. The maximum atomic E-state index is 12.6. The third kappa shape index (κ3) is 5.18. The molecule has 0 aliphatic carbocycles. The van der Waals surface area contributed by atoms with Gasteiger partial charge in [-0.25, -0.2) is 18.1 Å². The van der Waals surface area contributed by atoms with Crippen molar-refractivity contribution in [3.8, 4) is 5.69 Å². The molecule has 3 aromatic rings. The highest BCUT2D eigenvalue weighted by Gasteiger charge is 2.19. The molecule has 7 nitrogen and oxygen atoms in total. The van der Waals surface area contributed by atoms with Gasteiger partial charge in [-0.05, 0) is 43.3 Å². The van der Waals surface area contributed by atoms with Crippen LogP contribution in [0.1, 0.15) is 17.3 Å². The molecule has 1 N–H and O–H groups in total. The van der Waals surface area contributed by atoms with E-state index in [1.54, 1.807) is 42.2 Å². The van der Waals surface area contributed by atoms with Crippen LogP contribution in [0.3, 0.4) is 0 Å². The van der Waals surface area contributed by atoms with Gasteiger partial charge in [-0.2, -0.15) is 0 Å². The summed E-state index contributed by atoms with van der Waals surface area (Å²) >= 11 is 1.27. The molecule has 2 aromatic carbocycles. The maximum Gasteiger partial charge on any atom is 0.229 e. The van der Waals surface area contributed by atoms with Crippen LogP contribution < -0.4 is 4.72 Å². The molecule has 1 heterocycles. The standard InChI is InChI=1S/C18H18N4O3S2/c1-13(17(23)14-8-10-15(11-9-14)21-27(2,24)25)26-18-19-12-22(20-18)16-6-4-3-5-7-16/h3-13,21H,1-2H3. The van der Waals surface area contributed by atoms with Gasteiger partial charge in [0.25, 0.3) is 0 Å². The number of sulfonamides is 1. The number of aromatic nitrogens is 3. The summed E-state index contributed by atoms with van der Waals surface area (Å²) in [5.74, 6) is -0.0815. The molecule has 140 valence electrons. The Labute approximate surface area is 161 Å². The Kier molecular flexibility index (Phi) is 5.62. The van der Waals surface area contributed by atoms with Crippen molar-refractivity contribution in [2.75, 3.05) is 11.0 Å². The van der Waals surface area contributed by atoms with E-state index < -0.39 is 10.0 Å². The lowest BCUT2D eigenvalue weighted by atomic mass is 10.1. The van der Waals surface area contributed by atoms with Crippen LogP contribution in [-0.2, 0) is 10.0 Å². The third-order valence-electron chi connectivity index (χ3n) is 3.62. The van der Waals surface area contributed by atoms with E-state index in [9.17, 15) is 13.2 Å². The first-order valence-corrected chi connectivity index (χ1v) is 10.8. The highest BCUT2D eigenvalue weighted by atomic mass is 32.2. The van der Waals surface area contributed by atoms with Gasteiger partial charge >= 0.3 is 0 Å². The highest BCUT2D eigenvalue weighted by molar-refractivity contribution is 8.00. The third-order valence-corrected chi connectivity index (χ3v) is 5.19. The van der Waals surface area contributed by atoms with Gasteiger partial charge in [-0.3, -0.25) is 9.52 Å². The quantitative estimate of drug-likeness (QED) is 0.482. The lowest BCUT2D eigenvalue weighted by Gasteiger charge is -2.09. The number of hydrogen-bond acceptors (Lipinski definition) is 6. The number of Topliss-reactive ketones (excluding diaryl/α,β-unsaturated/α-hetero) is 1. The monoisotopic (exact) mass is 402 g/mol. The first kappa shape index (κ1) is 19.1. The smallest absolute Gasteiger partial charge is 0.229 e. The number of anilines is 1. The van der Waals surface area contributed by atoms with E-state index in [-0.39, 0.29) is 11.0 Å². The van der Waals surface area contributed by atoms with Crippen LogP contribution in [-0.4, -0.2) is 40.5 Å². The molecule has 0 aliphatic heterocycles. The van der Waals surface area contributed by atoms with Gasteiger partial charge < -0.3 is 0 Å². The average Bonchev–Trinajstić information content (AvgIpc) is 3.09. The summed E-state index contributed by atoms with van der Waals surface area (Å²) in [6.07, 6.45) is 2.69. The number of hydrogen-bond donors (Lipinski definition) is 1. The van der Waals surface area contributed by atoms with Gasteiger partial charge in [0.15, 0.2) is 5.78 Å². The molecular formula is C18H18N4O3S2. The van der Waals surface area contributed by atoms with Crippen molar-refractivity contribution in [3.63, 3.8) is 0 Å². The predicted molar refractivity (Wildman–Crippen MR) is 106 cm³/mol. The number of carbonyl (C=O) groups is 1. The molecule has 3 rings (SSSR count). The first-order chi connectivity index (χ1) is 12.8. The van der Waals surface area contributed by atoms with Crippen molar-refractivity contribution in [2.45, 2.75) is 17.3 Å². The zero-order valence-electron chi connectivity index (χ0n) is 14.7. The number of benzene rings is 2. The Morgan fingerprint density at radius 2 is 1.78 bits per heavy atom. The van der Waals surface area contributed by atoms with Crippen molar-refractivity contribution < 1.29 is 13.2 Å². The molecule has 0 bridgehead atoms. The predicted octanol–water partition coefficient (Wildman–Crippen LogP) is 3.00. The van der Waals surface area contributed by atoms with Crippen LogP contribution >= 0.6 is 11.8 Å². The summed E-state index contributed by atoms with van der Waals surface area (Å²) in [6, 6.07) is 15.9. The lowest BCUT2D eigenvalue weighted by Crippen LogP contribution is -2.14. The summed E-state index contributed by atoms with van der Waals surface area (Å²) in [6.45, 7) is 1.79. The lowest BCUT2D eigenvalue weighted by molar-refractivity contribution is 0.0994. The molecular weight excluding hydrogens is 384 g/mol. The Hall–Kier alpha value is -2.65. The second-order valence-electron chi connectivity index (χ2n) is 5.88. The fourth-order valence-corrected chi connectivity index (χ4v) is 3.74. The van der Waals surface area contributed by atoms with E-state index in [4.69, 9.17) is 0 Å². The second kappa shape index (κ2) is 7.93. The molecule has 0 radical (unpaired) electrons. The molecule has 1 unspecified atom stereocenters. The van der Waals surface area contributed by atoms with Gasteiger partial charge in [-0.15, -0.1) is 5.10 Å². The molecule has 0 aliphatic rings. The zero-order chi connectivity index (χ0) is 19.4. The number of nitrogens with one attached hydrogen (secondary N) is 1. The highest BCUT2D eigenvalue weighted by Crippen LogP contribution is 2.23. The summed E-state index contributed by atoms with van der Waals surface area (Å²) in [5, 5.41) is 4.52. The zero-order valence-corrected chi connectivity index (χ0v) is 16.4. The van der Waals surface area contributed by atoms with Crippen LogP contribution in [0, 0.1) is 0 Å². The molecule has 0 saturated heterocycles. The molecule has 27 heavy (non-hydrogen) atoms. The van der Waals surface area contributed by atoms with Crippen LogP contribution in [0.15, 0.2) is 66.1 Å². The number of carbonyl (C=O) groups excluding carboxylic acids is 1. The van der Waals surface area contributed by atoms with Crippen molar-refractivity contribution >= 4 is 33.3 Å². The van der Waals surface area contributed by atoms with Gasteiger partial charge in [0, 0.05) is 11.3 Å². The number of nitrogens with zero attached hydrogens (tertiary/aromatic N) is 3. The SMILES string of the molecule is CC(Sc1ncn(-c2ccccc2)n1)C(=O)c1ccc(NS(C)(=O)=O)cc1. The number of rotatable bonds is 7. The van der Waals surface area contributed by atoms with E-state index in [0.29, 0.717) is 16.4 Å². The van der Waals surface area contributed by atoms with Crippen molar-refractivity contribution in [1.82, 2.24) is 14.8 Å². The fraction of sp³-hybridized carbons (Fsp3) is 0.167. The Balaban J connectivity index is 1.66. The van der Waals surface area contributed by atoms with E-state index in [0.717, 1.165) is 11.9 Å². The van der Waals surface area contributed by atoms with Gasteiger partial charge in [0.1, 0.15) is 6.33 Å². The fourth-order valence-electron chi connectivity index (χ4n) is 2.37. The van der Waals surface area contributed by atoms with Crippen LogP contribution in [0.2, 0.25) is 0 Å². The summed E-state index contributed by atoms with van der Waals surface area (Å²) in [7, 11) is -3.35. The van der Waals surface area contributed by atoms with E-state index in [1.165, 1.54) is 11.8 Å². The minimum absolute atomic E-state index is 0.0815. The molecule has 0 spiro atoms. The number of thioether (sulfide) groups is 1. The average molecular weight is 403 g/mol. The molecule has 0 fully saturated rings. The van der Waals surface area contributed by atoms with Crippen LogP contribution in [0.5, 0.6) is 0 Å². The molecule has 1 atom stereocenters. The Bertz CT molecular complexity index is 1030. The van der Waals surface area contributed by atoms with Gasteiger partial charge in [0.05, 0.1) is 17.2 Å². The molecule has 9 heteroatoms. The van der Waals surface area contributed by atoms with Crippen molar-refractivity contribution in [1.29, 1.82) is 0 Å². The topological polar surface area (TPSA) is 93.9 Å². The first-order valence-electron chi connectivity index (χ1n) is 8.07. The molecule has 1 aromatic heterocycles. The van der Waals surface area contributed by atoms with Gasteiger partial charge in [0.2, 0.25) is 15.2 Å². The minimum Gasteiger partial charge on any atom is -0.293 e. The Morgan fingerprint density at radius 3 is 2.41 bits per heavy atom. The number of para-hydroxylation sites is 1. The normalized spacial score (nSPS) is 12.5. The summed E-state index contributed by atoms with van der Waals surface area (Å²) < 4.78 is 26.5. The summed E-state index contributed by atoms with van der Waals surface area (Å²) in [5.41, 5.74) is 1.80. The van der Waals surface area contributed by atoms with Gasteiger partial charge in [-0.1, -0.05) is 30.0 Å². The Morgan fingerprint density at radius 1 is 1.11 bits per heavy atom.